The van der Waals surface area contributed by atoms with E-state index in [1.807, 2.05) is 88.4 Å². The summed E-state index contributed by atoms with van der Waals surface area (Å²) in [6.45, 7) is 9.84. The molecule has 2 fully saturated rings. The Morgan fingerprint density at radius 3 is 1.40 bits per heavy atom. The molecular weight excluding hydrogens is 632 g/mol. The van der Waals surface area contributed by atoms with E-state index in [-0.39, 0.29) is 23.6 Å². The number of likely N-dealkylation sites (tertiary alicyclic amines) is 2. The molecule has 6 rings (SSSR count). The first-order chi connectivity index (χ1) is 24.1. The van der Waals surface area contributed by atoms with Crippen LogP contribution in [0.1, 0.15) is 83.0 Å². The molecule has 0 unspecified atom stereocenters. The van der Waals surface area contributed by atoms with Gasteiger partial charge in [-0.2, -0.15) is 10.2 Å². The second kappa shape index (κ2) is 14.9. The van der Waals surface area contributed by atoms with Gasteiger partial charge < -0.3 is 20.4 Å². The van der Waals surface area contributed by atoms with E-state index in [0.29, 0.717) is 61.8 Å². The first-order valence-corrected chi connectivity index (χ1v) is 17.4. The fourth-order valence-electron chi connectivity index (χ4n) is 6.78. The van der Waals surface area contributed by atoms with Gasteiger partial charge in [0, 0.05) is 37.6 Å². The third-order valence-corrected chi connectivity index (χ3v) is 9.30. The summed E-state index contributed by atoms with van der Waals surface area (Å²) in [5.41, 5.74) is 5.80. The summed E-state index contributed by atoms with van der Waals surface area (Å²) in [5, 5.41) is 14.7. The lowest BCUT2D eigenvalue weighted by atomic mass is 10.1. The molecule has 4 aromatic rings. The summed E-state index contributed by atoms with van der Waals surface area (Å²) in [6, 6.07) is 17.6. The minimum Gasteiger partial charge on any atom is -0.325 e. The number of benzene rings is 2. The SMILES string of the molecule is CCn1nc(C)cc1C(=O)N1CCC[C@H]1C(=O)Nc1ccc(C=Cc2ccc(NC(=O)[C@@H]3CCCN3C(=O)c3cc(C)nn3CC)cc2)cc1. The summed E-state index contributed by atoms with van der Waals surface area (Å²) in [7, 11) is 0. The molecule has 12 heteroatoms. The number of carbonyl (C=O) groups excluding carboxylic acids is 4. The van der Waals surface area contributed by atoms with Crippen LogP contribution in [0, 0.1) is 13.8 Å². The van der Waals surface area contributed by atoms with E-state index in [0.717, 1.165) is 35.4 Å². The van der Waals surface area contributed by atoms with Crippen LogP contribution in [0.25, 0.3) is 12.2 Å². The Balaban J connectivity index is 1.02. The van der Waals surface area contributed by atoms with Crippen molar-refractivity contribution < 1.29 is 19.2 Å². The number of anilines is 2. The molecule has 2 N–H and O–H groups in total. The van der Waals surface area contributed by atoms with Gasteiger partial charge >= 0.3 is 0 Å². The molecule has 2 aromatic heterocycles. The Morgan fingerprint density at radius 2 is 1.04 bits per heavy atom. The molecule has 2 aliphatic rings. The summed E-state index contributed by atoms with van der Waals surface area (Å²) >= 11 is 0. The van der Waals surface area contributed by atoms with Gasteiger partial charge in [-0.1, -0.05) is 36.4 Å². The number of aryl methyl sites for hydroxylation is 4. The number of rotatable bonds is 10. The highest BCUT2D eigenvalue weighted by Crippen LogP contribution is 2.25. The standard InChI is InChI=1S/C38H44N8O4/c1-5-45-33(23-25(3)41-45)37(49)43-21-7-9-31(43)35(47)39-29-17-13-27(14-18-29)11-12-28-15-19-30(20-16-28)40-36(48)32-10-8-22-44(32)38(50)34-24-26(4)42-46(34)6-2/h11-20,23-24,31-32H,5-10,21-22H2,1-4H3,(H,39,47)(H,40,48)/t31-,32-/m0/s1. The average Bonchev–Trinajstić information content (AvgIpc) is 3.94. The highest BCUT2D eigenvalue weighted by molar-refractivity contribution is 6.02. The molecule has 4 amide bonds. The Labute approximate surface area is 292 Å². The monoisotopic (exact) mass is 676 g/mol. The number of nitrogens with zero attached hydrogens (tertiary/aromatic N) is 6. The molecule has 12 nitrogen and oxygen atoms in total. The smallest absolute Gasteiger partial charge is 0.272 e. The largest absolute Gasteiger partial charge is 0.325 e. The quantitative estimate of drug-likeness (QED) is 0.216. The van der Waals surface area contributed by atoms with Crippen molar-refractivity contribution in [2.45, 2.75) is 78.6 Å². The molecule has 0 saturated carbocycles. The minimum absolute atomic E-state index is 0.167. The van der Waals surface area contributed by atoms with Crippen molar-refractivity contribution in [1.29, 1.82) is 0 Å². The van der Waals surface area contributed by atoms with Gasteiger partial charge in [0.15, 0.2) is 0 Å². The van der Waals surface area contributed by atoms with Gasteiger partial charge in [-0.25, -0.2) is 0 Å². The van der Waals surface area contributed by atoms with E-state index in [4.69, 9.17) is 0 Å². The van der Waals surface area contributed by atoms with Crippen LogP contribution in [0.2, 0.25) is 0 Å². The molecule has 0 radical (unpaired) electrons. The first kappa shape index (κ1) is 34.3. The predicted molar refractivity (Wildman–Crippen MR) is 192 cm³/mol. The third kappa shape index (κ3) is 7.39. The van der Waals surface area contributed by atoms with E-state index >= 15 is 0 Å². The number of nitrogens with one attached hydrogen (secondary N) is 2. The number of carbonyl (C=O) groups is 4. The maximum absolute atomic E-state index is 13.3. The summed E-state index contributed by atoms with van der Waals surface area (Å²) in [5.74, 6) is -0.728. The Hall–Kier alpha value is -5.52. The van der Waals surface area contributed by atoms with Gasteiger partial charge in [0.05, 0.1) is 11.4 Å². The second-order valence-electron chi connectivity index (χ2n) is 12.8. The zero-order chi connectivity index (χ0) is 35.4. The molecule has 0 aliphatic carbocycles. The fourth-order valence-corrected chi connectivity index (χ4v) is 6.78. The zero-order valence-electron chi connectivity index (χ0n) is 29.1. The van der Waals surface area contributed by atoms with Gasteiger partial charge in [-0.3, -0.25) is 28.5 Å². The van der Waals surface area contributed by atoms with Crippen LogP contribution in [-0.2, 0) is 22.7 Å². The van der Waals surface area contributed by atoms with Gasteiger partial charge in [0.2, 0.25) is 11.8 Å². The summed E-state index contributed by atoms with van der Waals surface area (Å²) < 4.78 is 3.37. The van der Waals surface area contributed by atoms with Crippen molar-refractivity contribution >= 4 is 47.2 Å². The minimum atomic E-state index is -0.532. The summed E-state index contributed by atoms with van der Waals surface area (Å²) in [6.07, 6.45) is 6.72. The molecule has 2 aromatic carbocycles. The zero-order valence-corrected chi connectivity index (χ0v) is 29.1. The van der Waals surface area contributed by atoms with Crippen molar-refractivity contribution in [2.24, 2.45) is 0 Å². The highest BCUT2D eigenvalue weighted by Gasteiger charge is 2.37. The van der Waals surface area contributed by atoms with Crippen molar-refractivity contribution in [3.8, 4) is 0 Å². The van der Waals surface area contributed by atoms with Crippen molar-refractivity contribution in [3.05, 3.63) is 94.6 Å². The Morgan fingerprint density at radius 1 is 0.660 bits per heavy atom. The average molecular weight is 677 g/mol. The van der Waals surface area contributed by atoms with E-state index in [1.54, 1.807) is 31.3 Å². The lowest BCUT2D eigenvalue weighted by Gasteiger charge is -2.24. The van der Waals surface area contributed by atoms with Crippen molar-refractivity contribution in [1.82, 2.24) is 29.4 Å². The molecule has 0 spiro atoms. The van der Waals surface area contributed by atoms with Crippen LogP contribution in [-0.4, -0.2) is 78.2 Å². The fraction of sp³-hybridized carbons (Fsp3) is 0.368. The molecule has 2 atom stereocenters. The number of amides is 4. The molecular formula is C38H44N8O4. The van der Waals surface area contributed by atoms with E-state index in [1.165, 1.54) is 0 Å². The van der Waals surface area contributed by atoms with Crippen molar-refractivity contribution in [2.75, 3.05) is 23.7 Å². The molecule has 2 saturated heterocycles. The second-order valence-corrected chi connectivity index (χ2v) is 12.8. The first-order valence-electron chi connectivity index (χ1n) is 17.4. The highest BCUT2D eigenvalue weighted by atomic mass is 16.2. The van der Waals surface area contributed by atoms with Crippen LogP contribution in [0.5, 0.6) is 0 Å². The van der Waals surface area contributed by atoms with Gasteiger partial charge in [-0.15, -0.1) is 0 Å². The maximum atomic E-state index is 13.3. The predicted octanol–water partition coefficient (Wildman–Crippen LogP) is 5.39. The molecule has 50 heavy (non-hydrogen) atoms. The van der Waals surface area contributed by atoms with E-state index in [9.17, 15) is 19.2 Å². The Bertz CT molecular complexity index is 1770. The normalized spacial score (nSPS) is 17.4. The molecule has 2 aliphatic heterocycles. The van der Waals surface area contributed by atoms with E-state index < -0.39 is 12.1 Å². The molecule has 260 valence electrons. The number of hydrogen-bond donors (Lipinski definition) is 2. The number of hydrogen-bond acceptors (Lipinski definition) is 6. The maximum Gasteiger partial charge on any atom is 0.272 e. The lowest BCUT2D eigenvalue weighted by Crippen LogP contribution is -2.43. The van der Waals surface area contributed by atoms with Gasteiger partial charge in [0.1, 0.15) is 23.5 Å². The van der Waals surface area contributed by atoms with Crippen LogP contribution in [0.3, 0.4) is 0 Å². The van der Waals surface area contributed by atoms with Crippen molar-refractivity contribution in [3.63, 3.8) is 0 Å². The van der Waals surface area contributed by atoms with Gasteiger partial charge in [-0.05, 0) is 101 Å². The summed E-state index contributed by atoms with van der Waals surface area (Å²) in [4.78, 5) is 56.4. The van der Waals surface area contributed by atoms with Crippen LogP contribution in [0.4, 0.5) is 11.4 Å². The molecule has 4 heterocycles. The third-order valence-electron chi connectivity index (χ3n) is 9.30. The Kier molecular flexibility index (Phi) is 10.3. The van der Waals surface area contributed by atoms with E-state index in [2.05, 4.69) is 20.8 Å². The topological polar surface area (TPSA) is 134 Å². The van der Waals surface area contributed by atoms with Crippen LogP contribution < -0.4 is 10.6 Å². The van der Waals surface area contributed by atoms with Crippen LogP contribution >= 0.6 is 0 Å². The van der Waals surface area contributed by atoms with Gasteiger partial charge in [0.25, 0.3) is 11.8 Å². The lowest BCUT2D eigenvalue weighted by molar-refractivity contribution is -0.120. The molecule has 0 bridgehead atoms. The van der Waals surface area contributed by atoms with Crippen LogP contribution in [0.15, 0.2) is 60.7 Å². The number of aromatic nitrogens is 4.